The molecule has 116 valence electrons. The van der Waals surface area contributed by atoms with E-state index in [1.54, 1.807) is 18.2 Å². The van der Waals surface area contributed by atoms with E-state index in [4.69, 9.17) is 11.6 Å². The largest absolute Gasteiger partial charge is 0.292 e. The Hall–Kier alpha value is -2.46. The fourth-order valence-corrected chi connectivity index (χ4v) is 2.69. The van der Waals surface area contributed by atoms with Gasteiger partial charge in [-0.05, 0) is 43.7 Å². The van der Waals surface area contributed by atoms with Crippen LogP contribution in [0.25, 0.3) is 10.9 Å². The minimum absolute atomic E-state index is 0.0431. The van der Waals surface area contributed by atoms with Gasteiger partial charge in [0, 0.05) is 10.6 Å². The summed E-state index contributed by atoms with van der Waals surface area (Å²) >= 11 is 5.94. The molecule has 0 N–H and O–H groups in total. The molecular formula is C18H15ClN2O2. The van der Waals surface area contributed by atoms with Crippen molar-refractivity contribution in [3.63, 3.8) is 0 Å². The molecule has 0 atom stereocenters. The lowest BCUT2D eigenvalue weighted by Crippen LogP contribution is -2.25. The van der Waals surface area contributed by atoms with E-state index in [-0.39, 0.29) is 17.9 Å². The average molecular weight is 327 g/mol. The molecule has 3 rings (SSSR count). The number of fused-ring (bicyclic) bond motifs is 1. The fourth-order valence-electron chi connectivity index (χ4n) is 2.52. The van der Waals surface area contributed by atoms with E-state index in [1.165, 1.54) is 10.9 Å². The Morgan fingerprint density at radius 3 is 2.74 bits per heavy atom. The summed E-state index contributed by atoms with van der Waals surface area (Å²) in [7, 11) is 0. The van der Waals surface area contributed by atoms with Gasteiger partial charge in [0.15, 0.2) is 5.78 Å². The Morgan fingerprint density at radius 2 is 1.96 bits per heavy atom. The maximum atomic E-state index is 12.5. The highest BCUT2D eigenvalue weighted by atomic mass is 35.5. The minimum Gasteiger partial charge on any atom is -0.292 e. The van der Waals surface area contributed by atoms with Crippen LogP contribution in [0.4, 0.5) is 0 Å². The first-order valence-electron chi connectivity index (χ1n) is 7.21. The topological polar surface area (TPSA) is 52.0 Å². The summed E-state index contributed by atoms with van der Waals surface area (Å²) in [5.74, 6) is -0.114. The normalized spacial score (nSPS) is 10.9. The molecule has 0 radical (unpaired) electrons. The second-order valence-electron chi connectivity index (χ2n) is 5.58. The predicted molar refractivity (Wildman–Crippen MR) is 91.3 cm³/mol. The van der Waals surface area contributed by atoms with Crippen molar-refractivity contribution in [3.8, 4) is 0 Å². The molecule has 4 nitrogen and oxygen atoms in total. The molecule has 0 aliphatic rings. The number of carbonyl (C=O) groups excluding carboxylic acids is 1. The van der Waals surface area contributed by atoms with Gasteiger partial charge in [-0.15, -0.1) is 0 Å². The smallest absolute Gasteiger partial charge is 0.261 e. The van der Waals surface area contributed by atoms with E-state index in [9.17, 15) is 9.59 Å². The van der Waals surface area contributed by atoms with Crippen LogP contribution in [0, 0.1) is 13.8 Å². The van der Waals surface area contributed by atoms with Crippen LogP contribution < -0.4 is 5.56 Å². The molecule has 23 heavy (non-hydrogen) atoms. The van der Waals surface area contributed by atoms with Crippen molar-refractivity contribution < 1.29 is 4.79 Å². The highest BCUT2D eigenvalue weighted by molar-refractivity contribution is 6.31. The Kier molecular flexibility index (Phi) is 4.01. The summed E-state index contributed by atoms with van der Waals surface area (Å²) in [6.45, 7) is 3.77. The zero-order chi connectivity index (χ0) is 16.6. The van der Waals surface area contributed by atoms with Gasteiger partial charge >= 0.3 is 0 Å². The lowest BCUT2D eigenvalue weighted by atomic mass is 10.0. The van der Waals surface area contributed by atoms with E-state index in [0.29, 0.717) is 21.5 Å². The molecule has 0 amide bonds. The highest BCUT2D eigenvalue weighted by Crippen LogP contribution is 2.15. The number of Topliss-reactive ketones (excluding diaryl/α,β-unsaturated/α-hetero) is 1. The Morgan fingerprint density at radius 1 is 1.17 bits per heavy atom. The fraction of sp³-hybridized carbons (Fsp3) is 0.167. The summed E-state index contributed by atoms with van der Waals surface area (Å²) in [5, 5.41) is 0.878. The molecule has 0 aliphatic carbocycles. The Bertz CT molecular complexity index is 976. The maximum Gasteiger partial charge on any atom is 0.261 e. The first kappa shape index (κ1) is 15.4. The van der Waals surface area contributed by atoms with Crippen LogP contribution in [0.3, 0.4) is 0 Å². The third kappa shape index (κ3) is 3.03. The summed E-state index contributed by atoms with van der Waals surface area (Å²) in [5.41, 5.74) is 2.83. The second-order valence-corrected chi connectivity index (χ2v) is 6.02. The molecule has 1 heterocycles. The number of rotatable bonds is 3. The summed E-state index contributed by atoms with van der Waals surface area (Å²) in [6.07, 6.45) is 1.40. The molecule has 0 saturated carbocycles. The number of aromatic nitrogens is 2. The number of ketones is 1. The van der Waals surface area contributed by atoms with Crippen molar-refractivity contribution in [3.05, 3.63) is 74.8 Å². The lowest BCUT2D eigenvalue weighted by Gasteiger charge is -2.09. The van der Waals surface area contributed by atoms with E-state index < -0.39 is 0 Å². The second kappa shape index (κ2) is 5.97. The first-order chi connectivity index (χ1) is 11.0. The first-order valence-corrected chi connectivity index (χ1v) is 7.58. The molecule has 3 aromatic rings. The number of benzene rings is 2. The third-order valence-electron chi connectivity index (χ3n) is 3.79. The van der Waals surface area contributed by atoms with Gasteiger partial charge in [0.2, 0.25) is 0 Å². The number of hydrogen-bond donors (Lipinski definition) is 0. The van der Waals surface area contributed by atoms with Gasteiger partial charge in [-0.1, -0.05) is 29.3 Å². The van der Waals surface area contributed by atoms with Gasteiger partial charge in [0.05, 0.1) is 23.8 Å². The standard InChI is InChI=1S/C18H15ClN2O2/c1-11-3-4-12(2)14(7-11)17(22)9-21-10-20-16-6-5-13(19)8-15(16)18(21)23/h3-8,10H,9H2,1-2H3. The Balaban J connectivity index is 2.01. The van der Waals surface area contributed by atoms with Crippen LogP contribution in [0.15, 0.2) is 47.5 Å². The monoisotopic (exact) mass is 326 g/mol. The van der Waals surface area contributed by atoms with Crippen LogP contribution in [0.2, 0.25) is 5.02 Å². The maximum absolute atomic E-state index is 12.5. The van der Waals surface area contributed by atoms with Crippen LogP contribution in [0.5, 0.6) is 0 Å². The molecule has 0 unspecified atom stereocenters. The van der Waals surface area contributed by atoms with Crippen LogP contribution >= 0.6 is 11.6 Å². The molecule has 0 fully saturated rings. The van der Waals surface area contributed by atoms with Gasteiger partial charge in [-0.3, -0.25) is 14.2 Å². The van der Waals surface area contributed by atoms with E-state index in [2.05, 4.69) is 4.98 Å². The van der Waals surface area contributed by atoms with Gasteiger partial charge in [-0.2, -0.15) is 0 Å². The SMILES string of the molecule is Cc1ccc(C)c(C(=O)Cn2cnc3ccc(Cl)cc3c2=O)c1. The summed E-state index contributed by atoms with van der Waals surface area (Å²) in [4.78, 5) is 29.3. The molecule has 0 aliphatic heterocycles. The molecular weight excluding hydrogens is 312 g/mol. The highest BCUT2D eigenvalue weighted by Gasteiger charge is 2.12. The number of carbonyl (C=O) groups is 1. The van der Waals surface area contributed by atoms with Crippen molar-refractivity contribution in [1.29, 1.82) is 0 Å². The molecule has 0 saturated heterocycles. The quantitative estimate of drug-likeness (QED) is 0.692. The number of hydrogen-bond acceptors (Lipinski definition) is 3. The molecule has 0 bridgehead atoms. The predicted octanol–water partition coefficient (Wildman–Crippen LogP) is 3.55. The zero-order valence-corrected chi connectivity index (χ0v) is 13.6. The summed E-state index contributed by atoms with van der Waals surface area (Å²) in [6, 6.07) is 10.7. The van der Waals surface area contributed by atoms with Crippen molar-refractivity contribution in [1.82, 2.24) is 9.55 Å². The third-order valence-corrected chi connectivity index (χ3v) is 4.03. The van der Waals surface area contributed by atoms with Gasteiger partial charge in [0.1, 0.15) is 0 Å². The van der Waals surface area contributed by atoms with Crippen molar-refractivity contribution in [2.75, 3.05) is 0 Å². The van der Waals surface area contributed by atoms with Gasteiger partial charge in [-0.25, -0.2) is 4.98 Å². The number of aryl methyl sites for hydroxylation is 2. The van der Waals surface area contributed by atoms with E-state index in [0.717, 1.165) is 11.1 Å². The zero-order valence-electron chi connectivity index (χ0n) is 12.8. The minimum atomic E-state index is -0.267. The molecule has 1 aromatic heterocycles. The van der Waals surface area contributed by atoms with Crippen LogP contribution in [-0.2, 0) is 6.54 Å². The molecule has 2 aromatic carbocycles. The average Bonchev–Trinajstić information content (AvgIpc) is 2.53. The van der Waals surface area contributed by atoms with Crippen molar-refractivity contribution in [2.24, 2.45) is 0 Å². The van der Waals surface area contributed by atoms with Crippen molar-refractivity contribution >= 4 is 28.3 Å². The number of halogens is 1. The number of nitrogens with zero attached hydrogens (tertiary/aromatic N) is 2. The van der Waals surface area contributed by atoms with Crippen LogP contribution in [-0.4, -0.2) is 15.3 Å². The van der Waals surface area contributed by atoms with Crippen molar-refractivity contribution in [2.45, 2.75) is 20.4 Å². The summed E-state index contributed by atoms with van der Waals surface area (Å²) < 4.78 is 1.32. The molecule has 0 spiro atoms. The molecule has 5 heteroatoms. The van der Waals surface area contributed by atoms with E-state index >= 15 is 0 Å². The van der Waals surface area contributed by atoms with Gasteiger partial charge in [0.25, 0.3) is 5.56 Å². The van der Waals surface area contributed by atoms with Gasteiger partial charge < -0.3 is 0 Å². The van der Waals surface area contributed by atoms with Crippen LogP contribution in [0.1, 0.15) is 21.5 Å². The lowest BCUT2D eigenvalue weighted by molar-refractivity contribution is 0.0970. The Labute approximate surface area is 138 Å². The van der Waals surface area contributed by atoms with E-state index in [1.807, 2.05) is 32.0 Å².